The SMILES string of the molecule is CN1CCC[C@@H]1/C=C/C(=O)Nc1ccc2ncnc(Nc3ccccc3F)c2c1-c1cccc(C#N)c1. The van der Waals surface area contributed by atoms with Crippen molar-refractivity contribution in [3.05, 3.63) is 90.5 Å². The molecule has 1 aliphatic rings. The normalized spacial score (nSPS) is 15.6. The van der Waals surface area contributed by atoms with Crippen LogP contribution >= 0.6 is 0 Å². The Bertz CT molecular complexity index is 1540. The molecular formula is C29H25FN6O. The third-order valence-electron chi connectivity index (χ3n) is 6.52. The Morgan fingerprint density at radius 1 is 1.14 bits per heavy atom. The van der Waals surface area contributed by atoms with Gasteiger partial charge in [0.05, 0.1) is 28.2 Å². The van der Waals surface area contributed by atoms with Crippen LogP contribution in [-0.4, -0.2) is 40.4 Å². The van der Waals surface area contributed by atoms with E-state index in [2.05, 4.69) is 31.6 Å². The summed E-state index contributed by atoms with van der Waals surface area (Å²) in [5.41, 5.74) is 3.20. The molecule has 3 aromatic carbocycles. The van der Waals surface area contributed by atoms with Crippen LogP contribution < -0.4 is 10.6 Å². The molecule has 5 rings (SSSR count). The average Bonchev–Trinajstić information content (AvgIpc) is 3.33. The Kier molecular flexibility index (Phi) is 6.88. The fourth-order valence-corrected chi connectivity index (χ4v) is 4.64. The van der Waals surface area contributed by atoms with Gasteiger partial charge in [0.25, 0.3) is 0 Å². The van der Waals surface area contributed by atoms with Crippen LogP contribution in [0.15, 0.2) is 79.1 Å². The van der Waals surface area contributed by atoms with E-state index in [1.165, 1.54) is 12.4 Å². The van der Waals surface area contributed by atoms with E-state index in [0.717, 1.165) is 19.4 Å². The molecule has 0 aliphatic carbocycles. The number of para-hydroxylation sites is 1. The first-order valence-electron chi connectivity index (χ1n) is 12.0. The molecule has 0 saturated carbocycles. The van der Waals surface area contributed by atoms with E-state index in [1.54, 1.807) is 54.6 Å². The number of likely N-dealkylation sites (N-methyl/N-ethyl adjacent to an activating group) is 1. The third kappa shape index (κ3) is 5.17. The van der Waals surface area contributed by atoms with Crippen LogP contribution in [0.5, 0.6) is 0 Å². The standard InChI is InChI=1S/C29H25FN6O/c1-36-15-5-8-21(36)11-14-26(37)34-25-13-12-24-28(27(25)20-7-4-6-19(16-20)17-31)29(33-18-32-24)35-23-10-3-2-9-22(23)30/h2-4,6-7,9-14,16,18,21H,5,8,15H2,1H3,(H,34,37)(H,32,33,35)/b14-11+/t21-/m1/s1. The number of halogens is 1. The predicted molar refractivity (Wildman–Crippen MR) is 143 cm³/mol. The maximum absolute atomic E-state index is 14.5. The number of nitrogens with one attached hydrogen (secondary N) is 2. The minimum absolute atomic E-state index is 0.235. The number of anilines is 3. The molecule has 0 radical (unpaired) electrons. The lowest BCUT2D eigenvalue weighted by molar-refractivity contribution is -0.111. The lowest BCUT2D eigenvalue weighted by Crippen LogP contribution is -2.23. The van der Waals surface area contributed by atoms with Crippen LogP contribution in [0.4, 0.5) is 21.6 Å². The second-order valence-electron chi connectivity index (χ2n) is 8.94. The van der Waals surface area contributed by atoms with E-state index in [0.29, 0.717) is 39.1 Å². The Labute approximate surface area is 214 Å². The number of amides is 1. The lowest BCUT2D eigenvalue weighted by atomic mass is 9.97. The molecule has 0 spiro atoms. The highest BCUT2D eigenvalue weighted by Gasteiger charge is 2.20. The van der Waals surface area contributed by atoms with E-state index >= 15 is 0 Å². The number of nitriles is 1. The van der Waals surface area contributed by atoms with E-state index in [-0.39, 0.29) is 17.6 Å². The molecule has 1 saturated heterocycles. The molecule has 1 fully saturated rings. The van der Waals surface area contributed by atoms with Crippen molar-refractivity contribution in [3.63, 3.8) is 0 Å². The number of nitrogens with zero attached hydrogens (tertiary/aromatic N) is 4. The highest BCUT2D eigenvalue weighted by Crippen LogP contribution is 2.39. The van der Waals surface area contributed by atoms with Crippen molar-refractivity contribution in [2.24, 2.45) is 0 Å². The third-order valence-corrected chi connectivity index (χ3v) is 6.52. The maximum atomic E-state index is 14.5. The van der Waals surface area contributed by atoms with Gasteiger partial charge in [-0.15, -0.1) is 0 Å². The zero-order valence-corrected chi connectivity index (χ0v) is 20.3. The zero-order chi connectivity index (χ0) is 25.8. The first-order valence-corrected chi connectivity index (χ1v) is 12.0. The molecular weight excluding hydrogens is 467 g/mol. The fourth-order valence-electron chi connectivity index (χ4n) is 4.64. The number of likely N-dealkylation sites (tertiary alicyclic amines) is 1. The van der Waals surface area contributed by atoms with E-state index < -0.39 is 5.82 Å². The van der Waals surface area contributed by atoms with E-state index in [9.17, 15) is 14.4 Å². The summed E-state index contributed by atoms with van der Waals surface area (Å²) >= 11 is 0. The van der Waals surface area contributed by atoms with Gasteiger partial charge in [0.2, 0.25) is 5.91 Å². The Hall–Kier alpha value is -4.61. The number of hydrogen-bond donors (Lipinski definition) is 2. The number of benzene rings is 3. The summed E-state index contributed by atoms with van der Waals surface area (Å²) < 4.78 is 14.5. The molecule has 0 unspecified atom stereocenters. The number of fused-ring (bicyclic) bond motifs is 1. The van der Waals surface area contributed by atoms with Crippen molar-refractivity contribution in [2.45, 2.75) is 18.9 Å². The van der Waals surface area contributed by atoms with Gasteiger partial charge in [-0.3, -0.25) is 9.69 Å². The summed E-state index contributed by atoms with van der Waals surface area (Å²) in [5, 5.41) is 16.2. The number of aromatic nitrogens is 2. The Morgan fingerprint density at radius 3 is 2.78 bits per heavy atom. The van der Waals surface area contributed by atoms with E-state index in [4.69, 9.17) is 0 Å². The van der Waals surface area contributed by atoms with Crippen LogP contribution in [0.3, 0.4) is 0 Å². The zero-order valence-electron chi connectivity index (χ0n) is 20.3. The van der Waals surface area contributed by atoms with Gasteiger partial charge in [-0.2, -0.15) is 5.26 Å². The lowest BCUT2D eigenvalue weighted by Gasteiger charge is -2.17. The van der Waals surface area contributed by atoms with Crippen molar-refractivity contribution in [2.75, 3.05) is 24.2 Å². The van der Waals surface area contributed by atoms with Crippen molar-refractivity contribution in [1.29, 1.82) is 5.26 Å². The van der Waals surface area contributed by atoms with Crippen molar-refractivity contribution in [1.82, 2.24) is 14.9 Å². The summed E-state index contributed by atoms with van der Waals surface area (Å²) in [6.45, 7) is 1.01. The molecule has 4 aromatic rings. The smallest absolute Gasteiger partial charge is 0.248 e. The highest BCUT2D eigenvalue weighted by atomic mass is 19.1. The van der Waals surface area contributed by atoms with Crippen molar-refractivity contribution < 1.29 is 9.18 Å². The monoisotopic (exact) mass is 492 g/mol. The fraction of sp³-hybridized carbons (Fsp3) is 0.172. The predicted octanol–water partition coefficient (Wildman–Crippen LogP) is 5.64. The molecule has 1 amide bonds. The molecule has 2 N–H and O–H groups in total. The summed E-state index contributed by atoms with van der Waals surface area (Å²) in [7, 11) is 2.05. The summed E-state index contributed by atoms with van der Waals surface area (Å²) in [4.78, 5) is 24.0. The number of carbonyl (C=O) groups is 1. The first-order chi connectivity index (χ1) is 18.0. The first kappa shape index (κ1) is 24.1. The van der Waals surface area contributed by atoms with Crippen molar-refractivity contribution >= 4 is 34.0 Å². The molecule has 2 heterocycles. The quantitative estimate of drug-likeness (QED) is 0.338. The van der Waals surface area contributed by atoms with Crippen LogP contribution in [0.2, 0.25) is 0 Å². The number of hydrogen-bond acceptors (Lipinski definition) is 6. The Morgan fingerprint density at radius 2 is 2.00 bits per heavy atom. The summed E-state index contributed by atoms with van der Waals surface area (Å²) in [6.07, 6.45) is 7.01. The maximum Gasteiger partial charge on any atom is 0.248 e. The molecule has 184 valence electrons. The van der Waals surface area contributed by atoms with Crippen LogP contribution in [0, 0.1) is 17.1 Å². The second kappa shape index (κ2) is 10.6. The minimum Gasteiger partial charge on any atom is -0.337 e. The molecule has 0 bridgehead atoms. The highest BCUT2D eigenvalue weighted by molar-refractivity contribution is 6.11. The topological polar surface area (TPSA) is 93.9 Å². The van der Waals surface area contributed by atoms with Crippen molar-refractivity contribution in [3.8, 4) is 17.2 Å². The Balaban J connectivity index is 1.62. The van der Waals surface area contributed by atoms with Gasteiger partial charge >= 0.3 is 0 Å². The largest absolute Gasteiger partial charge is 0.337 e. The van der Waals surface area contributed by atoms with Gasteiger partial charge < -0.3 is 10.6 Å². The second-order valence-corrected chi connectivity index (χ2v) is 8.94. The molecule has 37 heavy (non-hydrogen) atoms. The van der Waals surface area contributed by atoms with Gasteiger partial charge in [0.15, 0.2) is 0 Å². The molecule has 1 atom stereocenters. The van der Waals surface area contributed by atoms with Gasteiger partial charge in [-0.1, -0.05) is 30.3 Å². The van der Waals surface area contributed by atoms with Crippen LogP contribution in [-0.2, 0) is 4.79 Å². The van der Waals surface area contributed by atoms with Gasteiger partial charge in [-0.05, 0) is 68.4 Å². The molecule has 7 nitrogen and oxygen atoms in total. The molecule has 1 aromatic heterocycles. The van der Waals surface area contributed by atoms with Crippen LogP contribution in [0.1, 0.15) is 18.4 Å². The molecule has 8 heteroatoms. The minimum atomic E-state index is -0.422. The van der Waals surface area contributed by atoms with Crippen LogP contribution in [0.25, 0.3) is 22.0 Å². The molecule has 1 aliphatic heterocycles. The van der Waals surface area contributed by atoms with Gasteiger partial charge in [-0.25, -0.2) is 14.4 Å². The van der Waals surface area contributed by atoms with Gasteiger partial charge in [0, 0.05) is 23.4 Å². The summed E-state index contributed by atoms with van der Waals surface area (Å²) in [6, 6.07) is 19.4. The number of carbonyl (C=O) groups excluding carboxylic acids is 1. The van der Waals surface area contributed by atoms with Gasteiger partial charge in [0.1, 0.15) is 18.0 Å². The number of rotatable bonds is 6. The van der Waals surface area contributed by atoms with E-state index in [1.807, 2.05) is 19.2 Å². The summed E-state index contributed by atoms with van der Waals surface area (Å²) in [5.74, 6) is -0.307. The average molecular weight is 493 g/mol.